The number of halogens is 1. The molecule has 1 aliphatic heterocycles. The zero-order valence-corrected chi connectivity index (χ0v) is 19.5. The van der Waals surface area contributed by atoms with Gasteiger partial charge in [-0.15, -0.1) is 11.3 Å². The first-order chi connectivity index (χ1) is 15.9. The van der Waals surface area contributed by atoms with E-state index >= 15 is 0 Å². The lowest BCUT2D eigenvalue weighted by Crippen LogP contribution is -2.42. The highest BCUT2D eigenvalue weighted by molar-refractivity contribution is 7.12. The summed E-state index contributed by atoms with van der Waals surface area (Å²) in [5.74, 6) is -1.89. The molecule has 33 heavy (non-hydrogen) atoms. The van der Waals surface area contributed by atoms with Crippen molar-refractivity contribution in [3.8, 4) is 5.75 Å². The van der Waals surface area contributed by atoms with Gasteiger partial charge in [-0.3, -0.25) is 9.59 Å². The SMILES string of the molecule is CCCCC(Oc1ccc(Cl)c(N2C(=O)Cc3csc(C(=O)O)c3C2=O)c1)c1ccccc1. The summed E-state index contributed by atoms with van der Waals surface area (Å²) in [6, 6.07) is 14.7. The Morgan fingerprint density at radius 3 is 2.67 bits per heavy atom. The molecule has 0 spiro atoms. The topological polar surface area (TPSA) is 83.9 Å². The van der Waals surface area contributed by atoms with E-state index in [9.17, 15) is 19.5 Å². The van der Waals surface area contributed by atoms with Crippen molar-refractivity contribution in [3.63, 3.8) is 0 Å². The van der Waals surface area contributed by atoms with Crippen molar-refractivity contribution >= 4 is 46.4 Å². The quantitative estimate of drug-likeness (QED) is 0.389. The van der Waals surface area contributed by atoms with Gasteiger partial charge in [0.1, 0.15) is 16.7 Å². The molecule has 0 bridgehead atoms. The molecule has 8 heteroatoms. The molecule has 1 atom stereocenters. The molecule has 1 N–H and O–H groups in total. The summed E-state index contributed by atoms with van der Waals surface area (Å²) < 4.78 is 6.28. The fourth-order valence-corrected chi connectivity index (χ4v) is 4.98. The van der Waals surface area contributed by atoms with Gasteiger partial charge in [-0.2, -0.15) is 0 Å². The number of hydrogen-bond acceptors (Lipinski definition) is 5. The van der Waals surface area contributed by atoms with Gasteiger partial charge in [0, 0.05) is 6.07 Å². The fourth-order valence-electron chi connectivity index (χ4n) is 3.88. The van der Waals surface area contributed by atoms with Crippen LogP contribution in [0.1, 0.15) is 63.4 Å². The van der Waals surface area contributed by atoms with Crippen molar-refractivity contribution in [1.29, 1.82) is 0 Å². The highest BCUT2D eigenvalue weighted by Crippen LogP contribution is 2.38. The van der Waals surface area contributed by atoms with E-state index < -0.39 is 17.8 Å². The molecule has 1 unspecified atom stereocenters. The lowest BCUT2D eigenvalue weighted by molar-refractivity contribution is -0.117. The van der Waals surface area contributed by atoms with Crippen LogP contribution in [0.2, 0.25) is 5.02 Å². The van der Waals surface area contributed by atoms with Crippen molar-refractivity contribution in [1.82, 2.24) is 0 Å². The number of thiophene rings is 1. The van der Waals surface area contributed by atoms with Crippen LogP contribution < -0.4 is 9.64 Å². The summed E-state index contributed by atoms with van der Waals surface area (Å²) in [6.07, 6.45) is 2.53. The molecule has 2 amide bonds. The summed E-state index contributed by atoms with van der Waals surface area (Å²) in [7, 11) is 0. The van der Waals surface area contributed by atoms with Crippen LogP contribution in [-0.4, -0.2) is 22.9 Å². The number of aromatic carboxylic acids is 1. The monoisotopic (exact) mass is 483 g/mol. The maximum Gasteiger partial charge on any atom is 0.346 e. The van der Waals surface area contributed by atoms with Gasteiger partial charge in [0.15, 0.2) is 0 Å². The summed E-state index contributed by atoms with van der Waals surface area (Å²) >= 11 is 7.33. The molecule has 1 aromatic heterocycles. The second-order valence-electron chi connectivity index (χ2n) is 7.75. The van der Waals surface area contributed by atoms with Gasteiger partial charge in [0.25, 0.3) is 5.91 Å². The number of fused-ring (bicyclic) bond motifs is 1. The van der Waals surface area contributed by atoms with Crippen LogP contribution in [0.25, 0.3) is 0 Å². The minimum absolute atomic E-state index is 0.0413. The molecule has 170 valence electrons. The van der Waals surface area contributed by atoms with Crippen LogP contribution in [0, 0.1) is 0 Å². The molecule has 0 saturated carbocycles. The Balaban J connectivity index is 1.68. The fraction of sp³-hybridized carbons (Fsp3) is 0.240. The highest BCUT2D eigenvalue weighted by atomic mass is 35.5. The lowest BCUT2D eigenvalue weighted by Gasteiger charge is -2.27. The summed E-state index contributed by atoms with van der Waals surface area (Å²) in [4.78, 5) is 38.5. The molecule has 0 radical (unpaired) electrons. The number of carbonyl (C=O) groups is 3. The van der Waals surface area contributed by atoms with E-state index in [2.05, 4.69) is 6.92 Å². The van der Waals surface area contributed by atoms with E-state index in [1.165, 1.54) is 0 Å². The first-order valence-electron chi connectivity index (χ1n) is 10.6. The minimum Gasteiger partial charge on any atom is -0.486 e. The van der Waals surface area contributed by atoms with E-state index in [-0.39, 0.29) is 33.7 Å². The summed E-state index contributed by atoms with van der Waals surface area (Å²) in [5.41, 5.74) is 1.68. The molecule has 0 fully saturated rings. The predicted octanol–water partition coefficient (Wildman–Crippen LogP) is 6.14. The molecule has 0 saturated heterocycles. The van der Waals surface area contributed by atoms with E-state index in [1.807, 2.05) is 30.3 Å². The largest absolute Gasteiger partial charge is 0.486 e. The molecular weight excluding hydrogens is 462 g/mol. The number of carbonyl (C=O) groups excluding carboxylic acids is 2. The van der Waals surface area contributed by atoms with Crippen LogP contribution in [0.4, 0.5) is 5.69 Å². The molecule has 6 nitrogen and oxygen atoms in total. The summed E-state index contributed by atoms with van der Waals surface area (Å²) in [5, 5.41) is 11.2. The second-order valence-corrected chi connectivity index (χ2v) is 9.04. The maximum atomic E-state index is 13.2. The van der Waals surface area contributed by atoms with Gasteiger partial charge in [0.2, 0.25) is 5.91 Å². The van der Waals surface area contributed by atoms with Crippen LogP contribution in [0.15, 0.2) is 53.9 Å². The Kier molecular flexibility index (Phi) is 6.81. The van der Waals surface area contributed by atoms with Crippen molar-refractivity contribution in [2.45, 2.75) is 38.7 Å². The molecular formula is C25H22ClNO5S. The van der Waals surface area contributed by atoms with Crippen LogP contribution in [0.3, 0.4) is 0 Å². The van der Waals surface area contributed by atoms with Crippen molar-refractivity contribution in [2.75, 3.05) is 4.90 Å². The lowest BCUT2D eigenvalue weighted by atomic mass is 10.0. The number of benzene rings is 2. The third kappa shape index (κ3) is 4.65. The standard InChI is InChI=1S/C25H22ClNO5S/c1-2-3-9-20(15-7-5-4-6-8-15)32-17-10-11-18(26)19(13-17)27-21(28)12-16-14-33-23(25(30)31)22(16)24(27)29/h4-8,10-11,13-14,20H,2-3,9,12H2,1H3,(H,30,31). The van der Waals surface area contributed by atoms with E-state index in [4.69, 9.17) is 16.3 Å². The van der Waals surface area contributed by atoms with Crippen LogP contribution in [-0.2, 0) is 11.2 Å². The van der Waals surface area contributed by atoms with Gasteiger partial charge in [-0.05, 0) is 41.5 Å². The van der Waals surface area contributed by atoms with Gasteiger partial charge < -0.3 is 9.84 Å². The predicted molar refractivity (Wildman–Crippen MR) is 128 cm³/mol. The third-order valence-corrected chi connectivity index (χ3v) is 6.83. The molecule has 0 aliphatic carbocycles. The molecule has 1 aliphatic rings. The number of carboxylic acids is 1. The number of hydrogen-bond donors (Lipinski definition) is 1. The Morgan fingerprint density at radius 2 is 1.97 bits per heavy atom. The van der Waals surface area contributed by atoms with Crippen molar-refractivity contribution in [2.24, 2.45) is 0 Å². The molecule has 2 heterocycles. The third-order valence-electron chi connectivity index (χ3n) is 5.50. The van der Waals surface area contributed by atoms with Crippen LogP contribution >= 0.6 is 22.9 Å². The average molecular weight is 484 g/mol. The Labute approximate surface area is 200 Å². The van der Waals surface area contributed by atoms with E-state index in [1.54, 1.807) is 23.6 Å². The van der Waals surface area contributed by atoms with Gasteiger partial charge in [-0.25, -0.2) is 9.69 Å². The van der Waals surface area contributed by atoms with Crippen molar-refractivity contribution in [3.05, 3.63) is 80.5 Å². The average Bonchev–Trinajstić information content (AvgIpc) is 3.23. The van der Waals surface area contributed by atoms with E-state index in [0.29, 0.717) is 11.3 Å². The minimum atomic E-state index is -1.20. The molecule has 3 aromatic rings. The first-order valence-corrected chi connectivity index (χ1v) is 11.9. The highest BCUT2D eigenvalue weighted by Gasteiger charge is 2.37. The zero-order valence-electron chi connectivity index (χ0n) is 17.9. The van der Waals surface area contributed by atoms with Gasteiger partial charge in [0.05, 0.1) is 22.7 Å². The summed E-state index contributed by atoms with van der Waals surface area (Å²) in [6.45, 7) is 2.11. The number of rotatable bonds is 8. The number of unbranched alkanes of at least 4 members (excludes halogenated alkanes) is 1. The molecule has 2 aromatic carbocycles. The number of ether oxygens (including phenoxy) is 1. The molecule has 4 rings (SSSR count). The number of anilines is 1. The van der Waals surface area contributed by atoms with E-state index in [0.717, 1.165) is 41.1 Å². The first kappa shape index (κ1) is 23.0. The van der Waals surface area contributed by atoms with Gasteiger partial charge >= 0.3 is 5.97 Å². The number of amides is 2. The number of imide groups is 1. The Morgan fingerprint density at radius 1 is 1.21 bits per heavy atom. The zero-order chi connectivity index (χ0) is 23.5. The van der Waals surface area contributed by atoms with Gasteiger partial charge in [-0.1, -0.05) is 55.3 Å². The Hall–Kier alpha value is -3.16. The van der Waals surface area contributed by atoms with Crippen molar-refractivity contribution < 1.29 is 24.2 Å². The maximum absolute atomic E-state index is 13.2. The smallest absolute Gasteiger partial charge is 0.346 e. The van der Waals surface area contributed by atoms with Crippen LogP contribution in [0.5, 0.6) is 5.75 Å². The second kappa shape index (κ2) is 9.77. The Bertz CT molecular complexity index is 1210. The normalized spacial score (nSPS) is 14.2. The number of nitrogens with zero attached hydrogens (tertiary/aromatic N) is 1. The number of carboxylic acid groups (broad SMARTS) is 1.